The van der Waals surface area contributed by atoms with Gasteiger partial charge in [0.2, 0.25) is 11.8 Å². The molecule has 166 valence electrons. The molecule has 6 nitrogen and oxygen atoms in total. The van der Waals surface area contributed by atoms with Crippen molar-refractivity contribution in [2.24, 2.45) is 11.8 Å². The van der Waals surface area contributed by atoms with Crippen molar-refractivity contribution in [2.75, 3.05) is 32.8 Å². The summed E-state index contributed by atoms with van der Waals surface area (Å²) < 4.78 is 5.51. The maximum atomic E-state index is 13.1. The summed E-state index contributed by atoms with van der Waals surface area (Å²) >= 11 is 0. The quantitative estimate of drug-likeness (QED) is 0.685. The molecule has 1 aliphatic heterocycles. The van der Waals surface area contributed by atoms with Crippen molar-refractivity contribution in [3.8, 4) is 0 Å². The second-order valence-corrected chi connectivity index (χ2v) is 8.89. The number of carbonyl (C=O) groups excluding carboxylic acids is 2. The van der Waals surface area contributed by atoms with Crippen LogP contribution in [-0.2, 0) is 14.3 Å². The molecule has 3 rings (SSSR count). The third-order valence-electron chi connectivity index (χ3n) is 6.36. The molecule has 2 fully saturated rings. The summed E-state index contributed by atoms with van der Waals surface area (Å²) in [4.78, 5) is 28.1. The van der Waals surface area contributed by atoms with Gasteiger partial charge in [-0.3, -0.25) is 14.5 Å². The number of nitrogens with one attached hydrogen (secondary N) is 2. The number of hydrogen-bond donors (Lipinski definition) is 2. The molecular formula is C24H37N3O3. The number of carbonyl (C=O) groups is 2. The van der Waals surface area contributed by atoms with E-state index in [9.17, 15) is 9.59 Å². The van der Waals surface area contributed by atoms with Gasteiger partial charge in [-0.2, -0.15) is 0 Å². The standard InChI is InChI=1S/C24H37N3O3/c1-18(2)22(26-23(28)20-11-7-4-8-12-20)24(29)25-17-21(19-9-5-3-6-10-19)27-13-15-30-16-14-27/h3,5-6,9-10,18,20-22H,4,7-8,11-17H2,1-2H3,(H,25,29)(H,26,28). The van der Waals surface area contributed by atoms with E-state index in [2.05, 4.69) is 27.7 Å². The molecular weight excluding hydrogens is 378 g/mol. The Labute approximate surface area is 180 Å². The van der Waals surface area contributed by atoms with Crippen LogP contribution in [0.25, 0.3) is 0 Å². The summed E-state index contributed by atoms with van der Waals surface area (Å²) in [7, 11) is 0. The lowest BCUT2D eigenvalue weighted by Gasteiger charge is -2.35. The molecule has 1 saturated carbocycles. The van der Waals surface area contributed by atoms with Crippen molar-refractivity contribution in [1.82, 2.24) is 15.5 Å². The summed E-state index contributed by atoms with van der Waals surface area (Å²) in [6.07, 6.45) is 5.29. The Morgan fingerprint density at radius 3 is 2.37 bits per heavy atom. The van der Waals surface area contributed by atoms with E-state index in [1.54, 1.807) is 0 Å². The SMILES string of the molecule is CC(C)C(NC(=O)C1CCCCC1)C(=O)NCC(c1ccccc1)N1CCOCC1. The number of benzene rings is 1. The molecule has 0 radical (unpaired) electrons. The number of hydrogen-bond acceptors (Lipinski definition) is 4. The molecule has 2 atom stereocenters. The van der Waals surface area contributed by atoms with E-state index in [0.29, 0.717) is 19.8 Å². The molecule has 1 heterocycles. The predicted octanol–water partition coefficient (Wildman–Crippen LogP) is 2.90. The molecule has 0 bridgehead atoms. The smallest absolute Gasteiger partial charge is 0.242 e. The maximum Gasteiger partial charge on any atom is 0.242 e. The number of rotatable bonds is 8. The van der Waals surface area contributed by atoms with E-state index in [0.717, 1.165) is 38.8 Å². The molecule has 30 heavy (non-hydrogen) atoms. The van der Waals surface area contributed by atoms with Gasteiger partial charge in [0.1, 0.15) is 6.04 Å². The lowest BCUT2D eigenvalue weighted by Crippen LogP contribution is -2.53. The van der Waals surface area contributed by atoms with E-state index in [1.807, 2.05) is 32.0 Å². The highest BCUT2D eigenvalue weighted by molar-refractivity contribution is 5.88. The lowest BCUT2D eigenvalue weighted by molar-refractivity contribution is -0.132. The van der Waals surface area contributed by atoms with Crippen molar-refractivity contribution < 1.29 is 14.3 Å². The van der Waals surface area contributed by atoms with Crippen LogP contribution in [0.2, 0.25) is 0 Å². The minimum absolute atomic E-state index is 0.0381. The lowest BCUT2D eigenvalue weighted by atomic mass is 9.88. The molecule has 2 aliphatic rings. The van der Waals surface area contributed by atoms with E-state index in [4.69, 9.17) is 4.74 Å². The molecule has 1 aliphatic carbocycles. The third kappa shape index (κ3) is 6.29. The second-order valence-electron chi connectivity index (χ2n) is 8.89. The number of ether oxygens (including phenoxy) is 1. The average Bonchev–Trinajstić information content (AvgIpc) is 2.79. The van der Waals surface area contributed by atoms with Crippen molar-refractivity contribution in [3.63, 3.8) is 0 Å². The molecule has 2 amide bonds. The monoisotopic (exact) mass is 415 g/mol. The Hall–Kier alpha value is -1.92. The Balaban J connectivity index is 1.62. The van der Waals surface area contributed by atoms with Gasteiger partial charge < -0.3 is 15.4 Å². The highest BCUT2D eigenvalue weighted by Gasteiger charge is 2.30. The average molecular weight is 416 g/mol. The highest BCUT2D eigenvalue weighted by atomic mass is 16.5. The van der Waals surface area contributed by atoms with Crippen LogP contribution in [0.3, 0.4) is 0 Å². The second kappa shape index (κ2) is 11.5. The van der Waals surface area contributed by atoms with Gasteiger partial charge in [-0.15, -0.1) is 0 Å². The first-order valence-electron chi connectivity index (χ1n) is 11.5. The van der Waals surface area contributed by atoms with Gasteiger partial charge in [0.15, 0.2) is 0 Å². The minimum Gasteiger partial charge on any atom is -0.379 e. The van der Waals surface area contributed by atoms with E-state index >= 15 is 0 Å². The van der Waals surface area contributed by atoms with Gasteiger partial charge in [-0.25, -0.2) is 0 Å². The fourth-order valence-electron chi connectivity index (χ4n) is 4.50. The van der Waals surface area contributed by atoms with Gasteiger partial charge in [0.25, 0.3) is 0 Å². The van der Waals surface area contributed by atoms with Crippen LogP contribution in [0.4, 0.5) is 0 Å². The zero-order chi connectivity index (χ0) is 21.3. The fraction of sp³-hybridized carbons (Fsp3) is 0.667. The molecule has 1 aromatic rings. The van der Waals surface area contributed by atoms with Gasteiger partial charge in [-0.1, -0.05) is 63.4 Å². The van der Waals surface area contributed by atoms with Crippen LogP contribution in [-0.4, -0.2) is 55.6 Å². The van der Waals surface area contributed by atoms with E-state index in [-0.39, 0.29) is 29.7 Å². The summed E-state index contributed by atoms with van der Waals surface area (Å²) in [5.74, 6) is 0.0361. The third-order valence-corrected chi connectivity index (χ3v) is 6.36. The summed E-state index contributed by atoms with van der Waals surface area (Å²) in [5.41, 5.74) is 1.19. The summed E-state index contributed by atoms with van der Waals surface area (Å²) in [6.45, 7) is 7.62. The largest absolute Gasteiger partial charge is 0.379 e. The highest BCUT2D eigenvalue weighted by Crippen LogP contribution is 2.24. The maximum absolute atomic E-state index is 13.1. The van der Waals surface area contributed by atoms with Gasteiger partial charge in [0.05, 0.1) is 19.3 Å². The topological polar surface area (TPSA) is 70.7 Å². The van der Waals surface area contributed by atoms with Crippen LogP contribution in [0.1, 0.15) is 57.6 Å². The van der Waals surface area contributed by atoms with Crippen molar-refractivity contribution in [3.05, 3.63) is 35.9 Å². The Kier molecular flexibility index (Phi) is 8.70. The normalized spacial score (nSPS) is 20.5. The molecule has 6 heteroatoms. The van der Waals surface area contributed by atoms with Gasteiger partial charge in [-0.05, 0) is 24.3 Å². The number of nitrogens with zero attached hydrogens (tertiary/aromatic N) is 1. The molecule has 1 saturated heterocycles. The Morgan fingerprint density at radius 1 is 1.07 bits per heavy atom. The van der Waals surface area contributed by atoms with E-state index in [1.165, 1.54) is 12.0 Å². The van der Waals surface area contributed by atoms with Crippen molar-refractivity contribution in [1.29, 1.82) is 0 Å². The van der Waals surface area contributed by atoms with Crippen molar-refractivity contribution in [2.45, 2.75) is 58.0 Å². The molecule has 0 aromatic heterocycles. The first-order valence-corrected chi connectivity index (χ1v) is 11.5. The summed E-state index contributed by atoms with van der Waals surface area (Å²) in [6, 6.07) is 9.89. The van der Waals surface area contributed by atoms with Crippen LogP contribution in [0.15, 0.2) is 30.3 Å². The predicted molar refractivity (Wildman–Crippen MR) is 118 cm³/mol. The van der Waals surface area contributed by atoms with Crippen LogP contribution in [0.5, 0.6) is 0 Å². The van der Waals surface area contributed by atoms with Gasteiger partial charge in [0, 0.05) is 25.6 Å². The van der Waals surface area contributed by atoms with Gasteiger partial charge >= 0.3 is 0 Å². The number of amides is 2. The fourth-order valence-corrected chi connectivity index (χ4v) is 4.50. The Bertz CT molecular complexity index is 668. The molecule has 1 aromatic carbocycles. The Morgan fingerprint density at radius 2 is 1.73 bits per heavy atom. The first kappa shape index (κ1) is 22.8. The van der Waals surface area contributed by atoms with Crippen LogP contribution < -0.4 is 10.6 Å². The molecule has 2 unspecified atom stereocenters. The minimum atomic E-state index is -0.500. The zero-order valence-corrected chi connectivity index (χ0v) is 18.4. The van der Waals surface area contributed by atoms with E-state index < -0.39 is 6.04 Å². The molecule has 0 spiro atoms. The first-order chi connectivity index (χ1) is 14.6. The molecule has 2 N–H and O–H groups in total. The number of morpholine rings is 1. The zero-order valence-electron chi connectivity index (χ0n) is 18.4. The summed E-state index contributed by atoms with van der Waals surface area (Å²) in [5, 5.41) is 6.18. The van der Waals surface area contributed by atoms with Crippen molar-refractivity contribution >= 4 is 11.8 Å². The van der Waals surface area contributed by atoms with Crippen LogP contribution in [0, 0.1) is 11.8 Å². The van der Waals surface area contributed by atoms with Crippen LogP contribution >= 0.6 is 0 Å².